The summed E-state index contributed by atoms with van der Waals surface area (Å²) in [5.74, 6) is -0.218. The van der Waals surface area contributed by atoms with Crippen LogP contribution in [0.25, 0.3) is 0 Å². The van der Waals surface area contributed by atoms with Crippen LogP contribution in [0.2, 0.25) is 0 Å². The van der Waals surface area contributed by atoms with E-state index in [1.54, 1.807) is 24.3 Å². The van der Waals surface area contributed by atoms with Gasteiger partial charge in [0, 0.05) is 6.54 Å². The van der Waals surface area contributed by atoms with Gasteiger partial charge in [0.1, 0.15) is 6.04 Å². The summed E-state index contributed by atoms with van der Waals surface area (Å²) >= 11 is 0. The summed E-state index contributed by atoms with van der Waals surface area (Å²) in [6.45, 7) is 0.480. The standard InChI is InChI=1S/C19H21N3O3S/c20-12-14-7-4-8-16-15(14)9-10-17(16)21-19(23)11-18(22-26(24)25)13-5-2-1-3-6-13/h1-8,17-18H,9-12,20H2,(H,21,23). The molecule has 1 aliphatic carbocycles. The number of hydrogen-bond acceptors (Lipinski definition) is 5. The van der Waals surface area contributed by atoms with Crippen molar-refractivity contribution in [3.05, 3.63) is 70.8 Å². The molecule has 2 aromatic carbocycles. The lowest BCUT2D eigenvalue weighted by Gasteiger charge is -2.17. The Morgan fingerprint density at radius 2 is 1.96 bits per heavy atom. The van der Waals surface area contributed by atoms with Gasteiger partial charge in [0.25, 0.3) is 0 Å². The van der Waals surface area contributed by atoms with E-state index in [0.717, 1.165) is 24.0 Å². The smallest absolute Gasteiger partial charge is 0.311 e. The lowest BCUT2D eigenvalue weighted by atomic mass is 10.0. The van der Waals surface area contributed by atoms with Crippen LogP contribution in [0.3, 0.4) is 0 Å². The minimum atomic E-state index is -2.58. The van der Waals surface area contributed by atoms with Crippen molar-refractivity contribution in [1.29, 1.82) is 0 Å². The summed E-state index contributed by atoms with van der Waals surface area (Å²) < 4.78 is 25.7. The second kappa shape index (κ2) is 8.25. The van der Waals surface area contributed by atoms with Gasteiger partial charge in [-0.25, -0.2) is 0 Å². The average Bonchev–Trinajstić information content (AvgIpc) is 3.04. The molecule has 136 valence electrons. The molecule has 0 saturated carbocycles. The first-order valence-corrected chi connectivity index (χ1v) is 9.57. The van der Waals surface area contributed by atoms with Gasteiger partial charge in [-0.2, -0.15) is 12.8 Å². The largest absolute Gasteiger partial charge is 0.349 e. The molecule has 0 spiro atoms. The maximum Gasteiger partial charge on any atom is 0.311 e. The molecule has 0 saturated heterocycles. The van der Waals surface area contributed by atoms with E-state index in [1.165, 1.54) is 5.56 Å². The molecule has 3 rings (SSSR count). The number of nitrogens with zero attached hydrogens (tertiary/aromatic N) is 1. The fourth-order valence-corrected chi connectivity index (χ4v) is 3.90. The molecule has 0 aromatic heterocycles. The molecule has 0 radical (unpaired) electrons. The predicted molar refractivity (Wildman–Crippen MR) is 98.7 cm³/mol. The van der Waals surface area contributed by atoms with Crippen molar-refractivity contribution >= 4 is 16.4 Å². The summed E-state index contributed by atoms with van der Waals surface area (Å²) in [7, 11) is -2.58. The number of nitrogens with two attached hydrogens (primary N) is 1. The molecule has 6 nitrogen and oxygen atoms in total. The average molecular weight is 371 g/mol. The molecule has 0 aliphatic heterocycles. The fourth-order valence-electron chi connectivity index (χ4n) is 3.50. The molecule has 2 unspecified atom stereocenters. The second-order valence-corrected chi connectivity index (χ2v) is 6.95. The van der Waals surface area contributed by atoms with Crippen molar-refractivity contribution in [3.8, 4) is 0 Å². The van der Waals surface area contributed by atoms with Gasteiger partial charge < -0.3 is 11.1 Å². The molecular formula is C19H21N3O3S. The number of carbonyl (C=O) groups is 1. The zero-order valence-electron chi connectivity index (χ0n) is 14.3. The van der Waals surface area contributed by atoms with E-state index in [4.69, 9.17) is 5.73 Å². The predicted octanol–water partition coefficient (Wildman–Crippen LogP) is 2.44. The zero-order chi connectivity index (χ0) is 18.5. The molecule has 0 fully saturated rings. The number of benzene rings is 2. The third-order valence-corrected chi connectivity index (χ3v) is 5.13. The van der Waals surface area contributed by atoms with E-state index in [9.17, 15) is 13.2 Å². The van der Waals surface area contributed by atoms with E-state index >= 15 is 0 Å². The Labute approximate surface area is 154 Å². The maximum absolute atomic E-state index is 12.5. The van der Waals surface area contributed by atoms with Crippen molar-refractivity contribution in [1.82, 2.24) is 5.32 Å². The summed E-state index contributed by atoms with van der Waals surface area (Å²) in [5.41, 5.74) is 9.91. The van der Waals surface area contributed by atoms with Crippen molar-refractivity contribution in [2.45, 2.75) is 37.9 Å². The molecule has 3 N–H and O–H groups in total. The quantitative estimate of drug-likeness (QED) is 0.814. The lowest BCUT2D eigenvalue weighted by Crippen LogP contribution is -2.28. The van der Waals surface area contributed by atoms with Crippen LogP contribution in [0, 0.1) is 0 Å². The molecule has 7 heteroatoms. The lowest BCUT2D eigenvalue weighted by molar-refractivity contribution is -0.122. The second-order valence-electron chi connectivity index (χ2n) is 6.30. The van der Waals surface area contributed by atoms with E-state index < -0.39 is 16.5 Å². The molecular weight excluding hydrogens is 350 g/mol. The Kier molecular flexibility index (Phi) is 5.80. The van der Waals surface area contributed by atoms with E-state index in [0.29, 0.717) is 12.1 Å². The van der Waals surface area contributed by atoms with Crippen molar-refractivity contribution in [2.75, 3.05) is 0 Å². The SMILES string of the molecule is NCc1cccc2c1CCC2NC(=O)CC(N=S(=O)=O)c1ccccc1. The monoisotopic (exact) mass is 371 g/mol. The third kappa shape index (κ3) is 4.17. The van der Waals surface area contributed by atoms with Gasteiger partial charge in [-0.05, 0) is 35.1 Å². The van der Waals surface area contributed by atoms with Crippen LogP contribution in [0.5, 0.6) is 0 Å². The highest BCUT2D eigenvalue weighted by molar-refractivity contribution is 7.61. The Morgan fingerprint density at radius 3 is 2.65 bits per heavy atom. The first-order chi connectivity index (χ1) is 12.6. The first-order valence-electron chi connectivity index (χ1n) is 8.53. The Morgan fingerprint density at radius 1 is 1.19 bits per heavy atom. The van der Waals surface area contributed by atoms with Gasteiger partial charge in [0.2, 0.25) is 5.91 Å². The third-order valence-electron chi connectivity index (χ3n) is 4.70. The molecule has 2 atom stereocenters. The first kappa shape index (κ1) is 18.3. The Hall–Kier alpha value is -2.51. The zero-order valence-corrected chi connectivity index (χ0v) is 15.1. The van der Waals surface area contributed by atoms with Gasteiger partial charge in [0.15, 0.2) is 0 Å². The summed E-state index contributed by atoms with van der Waals surface area (Å²) in [5, 5.41) is 3.02. The highest BCUT2D eigenvalue weighted by atomic mass is 32.2. The normalized spacial score (nSPS) is 16.6. The van der Waals surface area contributed by atoms with Crippen LogP contribution in [0.1, 0.15) is 47.2 Å². The minimum Gasteiger partial charge on any atom is -0.349 e. The van der Waals surface area contributed by atoms with Crippen LogP contribution in [0.15, 0.2) is 52.9 Å². The topological polar surface area (TPSA) is 102 Å². The van der Waals surface area contributed by atoms with Gasteiger partial charge >= 0.3 is 10.5 Å². The van der Waals surface area contributed by atoms with Crippen molar-refractivity contribution in [2.24, 2.45) is 10.1 Å². The minimum absolute atomic E-state index is 0.0135. The van der Waals surface area contributed by atoms with Crippen LogP contribution >= 0.6 is 0 Å². The molecule has 1 amide bonds. The van der Waals surface area contributed by atoms with Gasteiger partial charge in [-0.1, -0.05) is 48.5 Å². The van der Waals surface area contributed by atoms with Gasteiger partial charge in [-0.15, -0.1) is 0 Å². The van der Waals surface area contributed by atoms with Gasteiger partial charge in [0.05, 0.1) is 12.5 Å². The van der Waals surface area contributed by atoms with Crippen molar-refractivity contribution in [3.63, 3.8) is 0 Å². The molecule has 0 heterocycles. The number of nitrogens with one attached hydrogen (secondary N) is 1. The molecule has 2 aromatic rings. The molecule has 0 bridgehead atoms. The number of carbonyl (C=O) groups excluding carboxylic acids is 1. The van der Waals surface area contributed by atoms with E-state index in [-0.39, 0.29) is 18.4 Å². The number of hydrogen-bond donors (Lipinski definition) is 2. The number of rotatable bonds is 6. The van der Waals surface area contributed by atoms with Crippen LogP contribution < -0.4 is 11.1 Å². The number of fused-ring (bicyclic) bond motifs is 1. The highest BCUT2D eigenvalue weighted by Crippen LogP contribution is 2.33. The maximum atomic E-state index is 12.5. The Bertz CT molecular complexity index is 918. The molecule has 1 aliphatic rings. The van der Waals surface area contributed by atoms with Crippen LogP contribution in [-0.2, 0) is 28.3 Å². The van der Waals surface area contributed by atoms with Gasteiger partial charge in [-0.3, -0.25) is 4.79 Å². The highest BCUT2D eigenvalue weighted by Gasteiger charge is 2.26. The summed E-state index contributed by atoms with van der Waals surface area (Å²) in [6, 6.07) is 14.2. The summed E-state index contributed by atoms with van der Waals surface area (Å²) in [4.78, 5) is 12.5. The van der Waals surface area contributed by atoms with Crippen LogP contribution in [-0.4, -0.2) is 14.3 Å². The molecule has 26 heavy (non-hydrogen) atoms. The van der Waals surface area contributed by atoms with E-state index in [1.807, 2.05) is 24.3 Å². The van der Waals surface area contributed by atoms with E-state index in [2.05, 4.69) is 9.68 Å². The fraction of sp³-hybridized carbons (Fsp3) is 0.316. The van der Waals surface area contributed by atoms with Crippen molar-refractivity contribution < 1.29 is 13.2 Å². The van der Waals surface area contributed by atoms with Crippen LogP contribution in [0.4, 0.5) is 0 Å². The Balaban J connectivity index is 1.74. The number of amides is 1. The summed E-state index contributed by atoms with van der Waals surface area (Å²) in [6.07, 6.45) is 1.68.